The third-order valence-electron chi connectivity index (χ3n) is 3.98. The van der Waals surface area contributed by atoms with Gasteiger partial charge in [-0.3, -0.25) is 4.79 Å². The van der Waals surface area contributed by atoms with Crippen molar-refractivity contribution in [1.82, 2.24) is 14.3 Å². The van der Waals surface area contributed by atoms with Gasteiger partial charge in [0.15, 0.2) is 0 Å². The summed E-state index contributed by atoms with van der Waals surface area (Å²) in [4.78, 5) is 36.6. The maximum absolute atomic E-state index is 12.4. The Morgan fingerprint density at radius 1 is 1.04 bits per heavy atom. The molecule has 7 heteroatoms. The van der Waals surface area contributed by atoms with Gasteiger partial charge in [-0.15, -0.1) is 0 Å². The number of rotatable bonds is 4. The molecule has 0 fully saturated rings. The zero-order valence-electron chi connectivity index (χ0n) is 13.9. The number of anilines is 1. The van der Waals surface area contributed by atoms with Crippen molar-refractivity contribution in [1.29, 1.82) is 0 Å². The number of H-pyrrole nitrogens is 1. The third-order valence-corrected chi connectivity index (χ3v) is 3.98. The lowest BCUT2D eigenvalue weighted by Gasteiger charge is -2.07. The summed E-state index contributed by atoms with van der Waals surface area (Å²) in [6.45, 7) is 3.56. The van der Waals surface area contributed by atoms with E-state index in [9.17, 15) is 14.4 Å². The molecule has 2 N–H and O–H groups in total. The number of carbonyl (C=O) groups excluding carboxylic acids is 1. The van der Waals surface area contributed by atoms with E-state index in [1.54, 1.807) is 36.4 Å². The molecule has 0 aliphatic carbocycles. The van der Waals surface area contributed by atoms with Gasteiger partial charge in [-0.05, 0) is 49.2 Å². The zero-order chi connectivity index (χ0) is 18.0. The zero-order valence-corrected chi connectivity index (χ0v) is 13.9. The minimum absolute atomic E-state index is 0.360. The van der Waals surface area contributed by atoms with Crippen LogP contribution in [-0.2, 0) is 11.3 Å². The Morgan fingerprint density at radius 3 is 2.44 bits per heavy atom. The molecule has 0 atom stereocenters. The van der Waals surface area contributed by atoms with Crippen LogP contribution in [0.15, 0.2) is 58.1 Å². The van der Waals surface area contributed by atoms with Crippen molar-refractivity contribution in [3.05, 3.63) is 80.6 Å². The summed E-state index contributed by atoms with van der Waals surface area (Å²) in [6.07, 6.45) is 0. The van der Waals surface area contributed by atoms with Crippen LogP contribution >= 0.6 is 0 Å². The third kappa shape index (κ3) is 3.45. The fourth-order valence-electron chi connectivity index (χ4n) is 2.47. The molecule has 0 radical (unpaired) electrons. The fraction of sp³-hybridized carbons (Fsp3) is 0.167. The number of para-hydroxylation sites is 1. The van der Waals surface area contributed by atoms with Crippen LogP contribution in [0.25, 0.3) is 5.69 Å². The van der Waals surface area contributed by atoms with E-state index in [0.29, 0.717) is 11.4 Å². The van der Waals surface area contributed by atoms with Gasteiger partial charge in [-0.1, -0.05) is 24.3 Å². The number of hydrogen-bond donors (Lipinski definition) is 2. The number of aromatic nitrogens is 3. The van der Waals surface area contributed by atoms with Gasteiger partial charge in [0.05, 0.1) is 5.69 Å². The minimum atomic E-state index is -0.635. The highest BCUT2D eigenvalue weighted by atomic mass is 16.2. The summed E-state index contributed by atoms with van der Waals surface area (Å²) in [5.74, 6) is -0.443. The largest absolute Gasteiger partial charge is 0.352 e. The van der Waals surface area contributed by atoms with E-state index in [1.165, 1.54) is 0 Å². The molecule has 0 aliphatic rings. The molecule has 2 aromatic carbocycles. The average Bonchev–Trinajstić information content (AvgIpc) is 2.87. The van der Waals surface area contributed by atoms with Crippen LogP contribution in [0.1, 0.15) is 11.1 Å². The first-order chi connectivity index (χ1) is 12.0. The maximum Gasteiger partial charge on any atom is 0.352 e. The van der Waals surface area contributed by atoms with E-state index in [1.807, 2.05) is 26.0 Å². The Bertz CT molecular complexity index is 1030. The van der Waals surface area contributed by atoms with Crippen LogP contribution in [0.5, 0.6) is 0 Å². The molecule has 1 aromatic heterocycles. The standard InChI is InChI=1S/C18H18N4O3/c1-12-8-9-14(10-13(12)2)19-16(23)11-21-17(24)20-22(18(21)25)15-6-4-3-5-7-15/h3-10H,11H2,1-2H3,(H,19,23)(H,20,24). The molecular weight excluding hydrogens is 320 g/mol. The first-order valence-corrected chi connectivity index (χ1v) is 7.80. The lowest BCUT2D eigenvalue weighted by atomic mass is 10.1. The van der Waals surface area contributed by atoms with Gasteiger partial charge in [0, 0.05) is 5.69 Å². The number of nitrogens with one attached hydrogen (secondary N) is 2. The summed E-state index contributed by atoms with van der Waals surface area (Å²) in [7, 11) is 0. The van der Waals surface area contributed by atoms with Gasteiger partial charge < -0.3 is 5.32 Å². The van der Waals surface area contributed by atoms with E-state index >= 15 is 0 Å². The number of benzene rings is 2. The van der Waals surface area contributed by atoms with Crippen molar-refractivity contribution in [3.8, 4) is 5.69 Å². The highest BCUT2D eigenvalue weighted by molar-refractivity contribution is 5.90. The molecule has 25 heavy (non-hydrogen) atoms. The van der Waals surface area contributed by atoms with E-state index in [2.05, 4.69) is 10.4 Å². The van der Waals surface area contributed by atoms with E-state index in [0.717, 1.165) is 20.4 Å². The van der Waals surface area contributed by atoms with Gasteiger partial charge in [0.1, 0.15) is 6.54 Å². The van der Waals surface area contributed by atoms with Crippen LogP contribution in [0.3, 0.4) is 0 Å². The Kier molecular flexibility index (Phi) is 4.38. The van der Waals surface area contributed by atoms with Crippen molar-refractivity contribution in [3.63, 3.8) is 0 Å². The predicted molar refractivity (Wildman–Crippen MR) is 95.2 cm³/mol. The molecule has 128 valence electrons. The molecule has 1 heterocycles. The predicted octanol–water partition coefficient (Wildman–Crippen LogP) is 1.58. The average molecular weight is 338 g/mol. The lowest BCUT2D eigenvalue weighted by molar-refractivity contribution is -0.116. The molecule has 0 unspecified atom stereocenters. The van der Waals surface area contributed by atoms with Crippen LogP contribution < -0.4 is 16.7 Å². The maximum atomic E-state index is 12.4. The molecular formula is C18H18N4O3. The van der Waals surface area contributed by atoms with Crippen molar-refractivity contribution in [2.45, 2.75) is 20.4 Å². The van der Waals surface area contributed by atoms with Crippen LogP contribution in [-0.4, -0.2) is 20.3 Å². The quantitative estimate of drug-likeness (QED) is 0.757. The first-order valence-electron chi connectivity index (χ1n) is 7.80. The number of hydrogen-bond acceptors (Lipinski definition) is 3. The van der Waals surface area contributed by atoms with Crippen LogP contribution in [0.2, 0.25) is 0 Å². The van der Waals surface area contributed by atoms with Crippen molar-refractivity contribution in [2.24, 2.45) is 0 Å². The Labute approximate surface area is 143 Å². The molecule has 0 saturated heterocycles. The van der Waals surface area contributed by atoms with Gasteiger partial charge in [-0.2, -0.15) is 0 Å². The van der Waals surface area contributed by atoms with Crippen LogP contribution in [0, 0.1) is 13.8 Å². The SMILES string of the molecule is Cc1ccc(NC(=O)Cn2c(=O)[nH]n(-c3ccccc3)c2=O)cc1C. The van der Waals surface area contributed by atoms with E-state index in [-0.39, 0.29) is 6.54 Å². The molecule has 0 spiro atoms. The van der Waals surface area contributed by atoms with E-state index in [4.69, 9.17) is 0 Å². The first kappa shape index (κ1) is 16.5. The smallest absolute Gasteiger partial charge is 0.325 e. The summed E-state index contributed by atoms with van der Waals surface area (Å²) < 4.78 is 1.98. The topological polar surface area (TPSA) is 88.9 Å². The molecule has 1 amide bonds. The highest BCUT2D eigenvalue weighted by Crippen LogP contribution is 2.14. The molecule has 3 rings (SSSR count). The van der Waals surface area contributed by atoms with Gasteiger partial charge >= 0.3 is 11.4 Å². The second kappa shape index (κ2) is 6.64. The highest BCUT2D eigenvalue weighted by Gasteiger charge is 2.14. The van der Waals surface area contributed by atoms with Gasteiger partial charge in [0.2, 0.25) is 5.91 Å². The monoisotopic (exact) mass is 338 g/mol. The van der Waals surface area contributed by atoms with E-state index < -0.39 is 17.3 Å². The minimum Gasteiger partial charge on any atom is -0.325 e. The molecule has 3 aromatic rings. The molecule has 7 nitrogen and oxygen atoms in total. The Balaban J connectivity index is 1.82. The van der Waals surface area contributed by atoms with Gasteiger partial charge in [-0.25, -0.2) is 23.9 Å². The lowest BCUT2D eigenvalue weighted by Crippen LogP contribution is -2.33. The number of aromatic amines is 1. The molecule has 0 bridgehead atoms. The van der Waals surface area contributed by atoms with Crippen molar-refractivity contribution in [2.75, 3.05) is 5.32 Å². The molecule has 0 aliphatic heterocycles. The second-order valence-electron chi connectivity index (χ2n) is 5.80. The Morgan fingerprint density at radius 2 is 1.76 bits per heavy atom. The van der Waals surface area contributed by atoms with Gasteiger partial charge in [0.25, 0.3) is 0 Å². The summed E-state index contributed by atoms with van der Waals surface area (Å²) in [5, 5.41) is 5.15. The Hall–Kier alpha value is -3.35. The number of nitrogens with zero attached hydrogens (tertiary/aromatic N) is 2. The molecule has 0 saturated carbocycles. The second-order valence-corrected chi connectivity index (χ2v) is 5.80. The van der Waals surface area contributed by atoms with Crippen molar-refractivity contribution < 1.29 is 4.79 Å². The summed E-state index contributed by atoms with van der Waals surface area (Å²) in [6, 6.07) is 14.2. The van der Waals surface area contributed by atoms with Crippen LogP contribution in [0.4, 0.5) is 5.69 Å². The summed E-state index contributed by atoms with van der Waals surface area (Å²) in [5.41, 5.74) is 2.09. The number of amides is 1. The number of aryl methyl sites for hydroxylation is 2. The fourth-order valence-corrected chi connectivity index (χ4v) is 2.47. The number of carbonyl (C=O) groups is 1. The summed E-state index contributed by atoms with van der Waals surface area (Å²) >= 11 is 0. The van der Waals surface area contributed by atoms with Crippen molar-refractivity contribution >= 4 is 11.6 Å². The normalized spacial score (nSPS) is 10.6.